The molecule has 0 radical (unpaired) electrons. The van der Waals surface area contributed by atoms with E-state index in [-0.39, 0.29) is 79.4 Å². The SMILES string of the molecule is COC(=O)C(CC#CC1CCC2NC(=O)[C@@]3(C2C1)[C@H](C(N)=O)[C@H]1C(=O)O[C@H](C2CCCCC2)[C@H](C2CCCCC2)N1[C@@H]3C1CCCCC1OCCO)C(=O)OC. The van der Waals surface area contributed by atoms with Crippen LogP contribution in [0.2, 0.25) is 0 Å². The van der Waals surface area contributed by atoms with Crippen molar-refractivity contribution in [1.29, 1.82) is 0 Å². The number of hydrogen-bond acceptors (Lipinski definition) is 11. The zero-order valence-corrected chi connectivity index (χ0v) is 33.3. The molecular formula is C43H63N3O10. The van der Waals surface area contributed by atoms with Crippen LogP contribution in [0.15, 0.2) is 0 Å². The van der Waals surface area contributed by atoms with Gasteiger partial charge >= 0.3 is 17.9 Å². The summed E-state index contributed by atoms with van der Waals surface area (Å²) in [6.07, 6.45) is 15.1. The van der Waals surface area contributed by atoms with Gasteiger partial charge < -0.3 is 35.1 Å². The lowest BCUT2D eigenvalue weighted by molar-refractivity contribution is -0.192. The number of primary amides is 1. The maximum Gasteiger partial charge on any atom is 0.324 e. The van der Waals surface area contributed by atoms with Crippen molar-refractivity contribution in [3.05, 3.63) is 0 Å². The lowest BCUT2D eigenvalue weighted by Crippen LogP contribution is -2.66. The molecule has 0 aromatic carbocycles. The molecule has 4 aliphatic carbocycles. The predicted octanol–water partition coefficient (Wildman–Crippen LogP) is 3.42. The van der Waals surface area contributed by atoms with Crippen LogP contribution in [0, 0.1) is 58.7 Å². The van der Waals surface area contributed by atoms with Crippen LogP contribution in [-0.4, -0.2) is 104 Å². The van der Waals surface area contributed by atoms with Crippen LogP contribution < -0.4 is 11.1 Å². The molecule has 2 amide bonds. The molecule has 3 saturated heterocycles. The van der Waals surface area contributed by atoms with E-state index in [1.807, 2.05) is 0 Å². The van der Waals surface area contributed by atoms with Crippen molar-refractivity contribution in [2.24, 2.45) is 52.6 Å². The summed E-state index contributed by atoms with van der Waals surface area (Å²) in [6, 6.07) is -1.93. The lowest BCUT2D eigenvalue weighted by atomic mass is 9.55. The van der Waals surface area contributed by atoms with E-state index in [4.69, 9.17) is 24.7 Å². The number of cyclic esters (lactones) is 1. The van der Waals surface area contributed by atoms with Gasteiger partial charge in [-0.25, -0.2) is 0 Å². The number of methoxy groups -OCH3 is 2. The van der Waals surface area contributed by atoms with E-state index >= 15 is 4.79 Å². The van der Waals surface area contributed by atoms with Gasteiger partial charge in [-0.1, -0.05) is 57.3 Å². The molecule has 5 unspecified atom stereocenters. The Hall–Kier alpha value is -3.21. The van der Waals surface area contributed by atoms with Crippen molar-refractivity contribution < 1.29 is 48.0 Å². The number of fused-ring (bicyclic) bond motifs is 3. The molecular weight excluding hydrogens is 718 g/mol. The van der Waals surface area contributed by atoms with Crippen LogP contribution in [0.3, 0.4) is 0 Å². The molecule has 0 aromatic rings. The Labute approximate surface area is 331 Å². The van der Waals surface area contributed by atoms with E-state index in [1.54, 1.807) is 0 Å². The third kappa shape index (κ3) is 7.36. The topological polar surface area (TPSA) is 184 Å². The second kappa shape index (κ2) is 17.7. The summed E-state index contributed by atoms with van der Waals surface area (Å²) >= 11 is 0. The van der Waals surface area contributed by atoms with Gasteiger partial charge in [-0.3, -0.25) is 28.9 Å². The van der Waals surface area contributed by atoms with E-state index in [9.17, 15) is 24.3 Å². The fourth-order valence-corrected chi connectivity index (χ4v) is 12.8. The highest BCUT2D eigenvalue weighted by Gasteiger charge is 2.77. The van der Waals surface area contributed by atoms with Gasteiger partial charge in [0.15, 0.2) is 5.92 Å². The minimum atomic E-state index is -1.35. The van der Waals surface area contributed by atoms with Crippen LogP contribution in [0.4, 0.5) is 0 Å². The highest BCUT2D eigenvalue weighted by atomic mass is 16.6. The summed E-state index contributed by atoms with van der Waals surface area (Å²) < 4.78 is 22.8. The molecule has 0 aromatic heterocycles. The Morgan fingerprint density at radius 2 is 1.55 bits per heavy atom. The third-order valence-corrected chi connectivity index (χ3v) is 15.0. The van der Waals surface area contributed by atoms with Crippen molar-refractivity contribution >= 4 is 29.7 Å². The summed E-state index contributed by atoms with van der Waals surface area (Å²) in [5.41, 5.74) is 5.16. The van der Waals surface area contributed by atoms with Gasteiger partial charge in [0, 0.05) is 30.3 Å². The molecule has 4 N–H and O–H groups in total. The van der Waals surface area contributed by atoms with E-state index in [0.717, 1.165) is 83.5 Å². The first-order valence-corrected chi connectivity index (χ1v) is 21.6. The zero-order chi connectivity index (χ0) is 39.6. The summed E-state index contributed by atoms with van der Waals surface area (Å²) in [5.74, 6) is 1.00. The minimum absolute atomic E-state index is 0.0714. The molecule has 1 spiro atoms. The van der Waals surface area contributed by atoms with Gasteiger partial charge in [0.05, 0.1) is 50.9 Å². The summed E-state index contributed by atoms with van der Waals surface area (Å²) in [5, 5.41) is 13.3. The van der Waals surface area contributed by atoms with Gasteiger partial charge in [0.1, 0.15) is 12.1 Å². The number of carbonyl (C=O) groups excluding carboxylic acids is 5. The number of ether oxygens (including phenoxy) is 4. The summed E-state index contributed by atoms with van der Waals surface area (Å²) in [4.78, 5) is 71.5. The number of esters is 3. The monoisotopic (exact) mass is 781 g/mol. The number of nitrogens with zero attached hydrogens (tertiary/aromatic N) is 1. The van der Waals surface area contributed by atoms with Crippen molar-refractivity contribution in [2.75, 3.05) is 27.4 Å². The summed E-state index contributed by atoms with van der Waals surface area (Å²) in [7, 11) is 2.43. The van der Waals surface area contributed by atoms with E-state index in [0.29, 0.717) is 19.3 Å². The van der Waals surface area contributed by atoms with E-state index < -0.39 is 53.1 Å². The number of rotatable bonds is 10. The summed E-state index contributed by atoms with van der Waals surface area (Å²) in [6.45, 7) is 0.0326. The van der Waals surface area contributed by atoms with Crippen molar-refractivity contribution in [3.8, 4) is 11.8 Å². The van der Waals surface area contributed by atoms with Crippen LogP contribution in [0.5, 0.6) is 0 Å². The smallest absolute Gasteiger partial charge is 0.324 e. The Kier molecular flexibility index (Phi) is 13.0. The van der Waals surface area contributed by atoms with Crippen molar-refractivity contribution in [3.63, 3.8) is 0 Å². The van der Waals surface area contributed by atoms with Crippen molar-refractivity contribution in [1.82, 2.24) is 10.2 Å². The fraction of sp³-hybridized carbons (Fsp3) is 0.837. The van der Waals surface area contributed by atoms with Crippen molar-refractivity contribution in [2.45, 2.75) is 152 Å². The molecule has 3 heterocycles. The maximum atomic E-state index is 15.3. The van der Waals surface area contributed by atoms with Gasteiger partial charge in [-0.15, -0.1) is 5.92 Å². The number of amides is 2. The average molecular weight is 782 g/mol. The number of aliphatic hydroxyl groups excluding tert-OH is 1. The number of nitrogens with one attached hydrogen (secondary N) is 1. The Morgan fingerprint density at radius 3 is 2.20 bits per heavy atom. The van der Waals surface area contributed by atoms with Gasteiger partial charge in [0.25, 0.3) is 0 Å². The first-order chi connectivity index (χ1) is 27.2. The second-order valence-corrected chi connectivity index (χ2v) is 17.7. The molecule has 310 valence electrons. The van der Waals surface area contributed by atoms with Gasteiger partial charge in [-0.05, 0) is 75.5 Å². The average Bonchev–Trinajstić information content (AvgIpc) is 3.70. The number of morpholine rings is 1. The zero-order valence-electron chi connectivity index (χ0n) is 33.3. The van der Waals surface area contributed by atoms with Gasteiger partial charge in [0.2, 0.25) is 11.8 Å². The van der Waals surface area contributed by atoms with E-state index in [2.05, 4.69) is 22.1 Å². The highest BCUT2D eigenvalue weighted by molar-refractivity contribution is 5.98. The Balaban J connectivity index is 1.35. The standard InChI is InChI=1S/C43H63N3O10/c1-53-39(49)29(40(50)54-2)18-11-12-25-20-21-31-30(24-25)43(42(52)45-31)33(38(44)48)35-41(51)56-36(27-15-7-4-8-16-27)34(26-13-5-3-6-14-26)46(35)37(43)28-17-9-10-19-32(28)55-23-22-47/h25-37,47H,3-10,13-24H2,1-2H3,(H2,44,48)(H,45,52)/t25?,28?,30?,31?,32?,33-,34-,35-,36+,37+,43-/m0/s1. The van der Waals surface area contributed by atoms with E-state index in [1.165, 1.54) is 20.6 Å². The third-order valence-electron chi connectivity index (χ3n) is 15.0. The van der Waals surface area contributed by atoms with Crippen LogP contribution in [0.25, 0.3) is 0 Å². The number of aliphatic hydroxyl groups is 1. The molecule has 13 nitrogen and oxygen atoms in total. The normalized spacial score (nSPS) is 37.9. The number of hydrogen-bond donors (Lipinski definition) is 3. The molecule has 7 aliphatic rings. The van der Waals surface area contributed by atoms with Crippen LogP contribution in [0.1, 0.15) is 116 Å². The first-order valence-electron chi connectivity index (χ1n) is 21.6. The minimum Gasteiger partial charge on any atom is -0.468 e. The predicted molar refractivity (Wildman–Crippen MR) is 203 cm³/mol. The number of carbonyl (C=O) groups is 5. The molecule has 7 fully saturated rings. The van der Waals surface area contributed by atoms with Crippen LogP contribution in [-0.2, 0) is 42.9 Å². The number of nitrogens with two attached hydrogens (primary N) is 1. The molecule has 7 rings (SSSR count). The highest BCUT2D eigenvalue weighted by Crippen LogP contribution is 2.64. The largest absolute Gasteiger partial charge is 0.468 e. The molecule has 0 bridgehead atoms. The molecule has 13 heteroatoms. The molecule has 3 aliphatic heterocycles. The fourth-order valence-electron chi connectivity index (χ4n) is 12.8. The first kappa shape index (κ1) is 41.0. The quantitative estimate of drug-likeness (QED) is 0.128. The Morgan fingerprint density at radius 1 is 0.911 bits per heavy atom. The maximum absolute atomic E-state index is 15.3. The lowest BCUT2D eigenvalue weighted by Gasteiger charge is -2.54. The van der Waals surface area contributed by atoms with Gasteiger partial charge in [-0.2, -0.15) is 0 Å². The van der Waals surface area contributed by atoms with Crippen LogP contribution >= 0.6 is 0 Å². The molecule has 11 atom stereocenters. The molecule has 56 heavy (non-hydrogen) atoms. The molecule has 4 saturated carbocycles. The Bertz CT molecular complexity index is 1520. The second-order valence-electron chi connectivity index (χ2n) is 17.7.